The number of ether oxygens (including phenoxy) is 2. The van der Waals surface area contributed by atoms with E-state index in [9.17, 15) is 4.79 Å². The highest BCUT2D eigenvalue weighted by molar-refractivity contribution is 6.53. The number of benzene rings is 1. The molecular weight excluding hydrogens is 167 g/mol. The van der Waals surface area contributed by atoms with Crippen molar-refractivity contribution in [3.05, 3.63) is 17.7 Å². The molecule has 1 radical (unpaired) electrons. The van der Waals surface area contributed by atoms with Gasteiger partial charge in [-0.1, -0.05) is 18.4 Å². The number of carbonyl (C=O) groups is 1. The van der Waals surface area contributed by atoms with E-state index < -0.39 is 0 Å². The molecule has 4 heteroatoms. The lowest BCUT2D eigenvalue weighted by Crippen LogP contribution is -2.16. The summed E-state index contributed by atoms with van der Waals surface area (Å²) in [6.45, 7) is 2.08. The van der Waals surface area contributed by atoms with E-state index >= 15 is 0 Å². The van der Waals surface area contributed by atoms with Crippen LogP contribution < -0.4 is 14.9 Å². The molecule has 1 aliphatic rings. The van der Waals surface area contributed by atoms with Gasteiger partial charge in [0.15, 0.2) is 17.8 Å². The molecule has 1 heterocycles. The van der Waals surface area contributed by atoms with Gasteiger partial charge >= 0.3 is 0 Å². The maximum absolute atomic E-state index is 10.8. The van der Waals surface area contributed by atoms with Gasteiger partial charge in [0.1, 0.15) is 7.28 Å². The molecule has 0 saturated carbocycles. The molecule has 2 rings (SSSR count). The first-order valence-corrected chi connectivity index (χ1v) is 4.04. The summed E-state index contributed by atoms with van der Waals surface area (Å²) in [5.41, 5.74) is 1.44. The van der Waals surface area contributed by atoms with Crippen LogP contribution in [0.3, 0.4) is 0 Å². The van der Waals surface area contributed by atoms with E-state index in [4.69, 9.17) is 9.47 Å². The summed E-state index contributed by atoms with van der Waals surface area (Å²) < 4.78 is 10.3. The number of carbonyl (C=O) groups excluding carboxylic acids is 1. The molecule has 0 aliphatic carbocycles. The Morgan fingerprint density at radius 3 is 3.00 bits per heavy atom. The Bertz CT molecular complexity index is 349. The lowest BCUT2D eigenvalue weighted by molar-refractivity contribution is 0.111. The molecule has 3 nitrogen and oxygen atoms in total. The Labute approximate surface area is 76.9 Å². The maximum atomic E-state index is 10.8. The zero-order valence-corrected chi connectivity index (χ0v) is 7.24. The van der Waals surface area contributed by atoms with Gasteiger partial charge in [0.05, 0.1) is 5.56 Å². The highest BCUT2D eigenvalue weighted by atomic mass is 16.7. The molecule has 0 atom stereocenters. The van der Waals surface area contributed by atoms with Crippen LogP contribution in [-0.2, 0) is 0 Å². The monoisotopic (exact) mass is 175 g/mol. The fraction of sp³-hybridized carbons (Fsp3) is 0.222. The van der Waals surface area contributed by atoms with Crippen LogP contribution in [0.2, 0.25) is 6.82 Å². The van der Waals surface area contributed by atoms with Crippen molar-refractivity contribution in [1.29, 1.82) is 0 Å². The zero-order chi connectivity index (χ0) is 9.26. The summed E-state index contributed by atoms with van der Waals surface area (Å²) in [5.74, 6) is 1.21. The minimum absolute atomic E-state index is 0.198. The Balaban J connectivity index is 2.59. The predicted molar refractivity (Wildman–Crippen MR) is 49.2 cm³/mol. The predicted octanol–water partition coefficient (Wildman–Crippen LogP) is 0.605. The number of rotatable bonds is 2. The minimum atomic E-state index is 0.198. The third-order valence-electron chi connectivity index (χ3n) is 2.04. The summed E-state index contributed by atoms with van der Waals surface area (Å²) in [5, 5.41) is 0. The second-order valence-electron chi connectivity index (χ2n) is 2.71. The Morgan fingerprint density at radius 2 is 2.31 bits per heavy atom. The van der Waals surface area contributed by atoms with E-state index in [2.05, 4.69) is 0 Å². The van der Waals surface area contributed by atoms with Gasteiger partial charge in [-0.05, 0) is 6.07 Å². The van der Waals surface area contributed by atoms with Crippen molar-refractivity contribution in [1.82, 2.24) is 0 Å². The summed E-state index contributed by atoms with van der Waals surface area (Å²) >= 11 is 0. The maximum Gasteiger partial charge on any atom is 0.231 e. The van der Waals surface area contributed by atoms with Crippen molar-refractivity contribution in [2.45, 2.75) is 6.82 Å². The van der Waals surface area contributed by atoms with E-state index in [1.54, 1.807) is 0 Å². The summed E-state index contributed by atoms with van der Waals surface area (Å²) in [4.78, 5) is 10.8. The summed E-state index contributed by atoms with van der Waals surface area (Å²) in [6, 6.07) is 3.65. The minimum Gasteiger partial charge on any atom is -0.454 e. The number of fused-ring (bicyclic) bond motifs is 1. The normalized spacial score (nSPS) is 12.7. The third-order valence-corrected chi connectivity index (χ3v) is 2.04. The van der Waals surface area contributed by atoms with Gasteiger partial charge < -0.3 is 9.47 Å². The van der Waals surface area contributed by atoms with Crippen molar-refractivity contribution in [2.24, 2.45) is 0 Å². The third kappa shape index (κ3) is 1.18. The van der Waals surface area contributed by atoms with Crippen molar-refractivity contribution < 1.29 is 14.3 Å². The Hall–Kier alpha value is -1.45. The standard InChI is InChI=1S/C9H8BO3/c1-10-7-2-3-8-9(6(7)4-11)13-5-12-8/h2-4H,5H2,1H3. The second-order valence-corrected chi connectivity index (χ2v) is 2.71. The van der Waals surface area contributed by atoms with Crippen molar-refractivity contribution in [3.8, 4) is 11.5 Å². The highest BCUT2D eigenvalue weighted by Gasteiger charge is 2.19. The molecule has 1 aliphatic heterocycles. The van der Waals surface area contributed by atoms with E-state index in [-0.39, 0.29) is 6.79 Å². The molecule has 0 bridgehead atoms. The largest absolute Gasteiger partial charge is 0.454 e. The smallest absolute Gasteiger partial charge is 0.231 e. The van der Waals surface area contributed by atoms with Gasteiger partial charge in [0, 0.05) is 0 Å². The average molecular weight is 175 g/mol. The highest BCUT2D eigenvalue weighted by Crippen LogP contribution is 2.33. The second kappa shape index (κ2) is 3.13. The topological polar surface area (TPSA) is 35.5 Å². The molecule has 0 fully saturated rings. The molecule has 1 aromatic rings. The molecule has 0 N–H and O–H groups in total. The van der Waals surface area contributed by atoms with Gasteiger partial charge in [-0.25, -0.2) is 0 Å². The lowest BCUT2D eigenvalue weighted by Gasteiger charge is -2.04. The fourth-order valence-corrected chi connectivity index (χ4v) is 1.38. The molecule has 0 spiro atoms. The first-order valence-electron chi connectivity index (χ1n) is 4.04. The van der Waals surface area contributed by atoms with Crippen LogP contribution in [0.4, 0.5) is 0 Å². The van der Waals surface area contributed by atoms with Crippen LogP contribution in [0.1, 0.15) is 10.4 Å². The number of hydrogen-bond acceptors (Lipinski definition) is 3. The molecule has 13 heavy (non-hydrogen) atoms. The van der Waals surface area contributed by atoms with Gasteiger partial charge in [-0.2, -0.15) is 0 Å². The molecule has 0 saturated heterocycles. The molecule has 65 valence electrons. The van der Waals surface area contributed by atoms with E-state index in [0.29, 0.717) is 17.1 Å². The van der Waals surface area contributed by atoms with E-state index in [0.717, 1.165) is 11.7 Å². The van der Waals surface area contributed by atoms with Crippen molar-refractivity contribution in [3.63, 3.8) is 0 Å². The van der Waals surface area contributed by atoms with Crippen molar-refractivity contribution in [2.75, 3.05) is 6.79 Å². The first kappa shape index (κ1) is 8.17. The van der Waals surface area contributed by atoms with E-state index in [1.165, 1.54) is 0 Å². The summed E-state index contributed by atoms with van der Waals surface area (Å²) in [7, 11) is 1.87. The van der Waals surface area contributed by atoms with E-state index in [1.807, 2.05) is 26.2 Å². The quantitative estimate of drug-likeness (QED) is 0.487. The molecule has 0 unspecified atom stereocenters. The SMILES string of the molecule is C[B]c1ccc2c(c1C=O)OCO2. The zero-order valence-electron chi connectivity index (χ0n) is 7.24. The van der Waals surface area contributed by atoms with Gasteiger partial charge in [0.2, 0.25) is 6.79 Å². The van der Waals surface area contributed by atoms with Crippen LogP contribution in [0.5, 0.6) is 11.5 Å². The Morgan fingerprint density at radius 1 is 1.46 bits per heavy atom. The van der Waals surface area contributed by atoms with Gasteiger partial charge in [-0.15, -0.1) is 0 Å². The van der Waals surface area contributed by atoms with Crippen molar-refractivity contribution >= 4 is 19.0 Å². The van der Waals surface area contributed by atoms with Crippen LogP contribution in [0, 0.1) is 0 Å². The van der Waals surface area contributed by atoms with Crippen LogP contribution in [0.25, 0.3) is 0 Å². The van der Waals surface area contributed by atoms with Crippen LogP contribution >= 0.6 is 0 Å². The number of hydrogen-bond donors (Lipinski definition) is 0. The first-order chi connectivity index (χ1) is 6.36. The van der Waals surface area contributed by atoms with Gasteiger partial charge in [-0.3, -0.25) is 4.79 Å². The fourth-order valence-electron chi connectivity index (χ4n) is 1.38. The molecule has 1 aromatic carbocycles. The van der Waals surface area contributed by atoms with Crippen LogP contribution in [-0.4, -0.2) is 20.4 Å². The Kier molecular flexibility index (Phi) is 1.96. The molecular formula is C9H8BO3. The number of aldehydes is 1. The molecule has 0 aromatic heterocycles. The molecule has 0 amide bonds. The van der Waals surface area contributed by atoms with Gasteiger partial charge in [0.25, 0.3) is 0 Å². The van der Waals surface area contributed by atoms with Crippen LogP contribution in [0.15, 0.2) is 12.1 Å². The average Bonchev–Trinajstić information content (AvgIpc) is 2.63. The lowest BCUT2D eigenvalue weighted by atomic mass is 9.71. The summed E-state index contributed by atoms with van der Waals surface area (Å²) in [6.07, 6.45) is 0.794.